The molecule has 0 heterocycles. The minimum absolute atomic E-state index is 0.00541. The standard InChI is InChI=1S/C22H40O4/c1-16(2)9-6-5-7-12-20(14-13-17(3)4)26-22(25)19-11-8-10-18(15-19)21(23)24/h16-20H,5-15H2,1-4H3,(H,23,24). The van der Waals surface area contributed by atoms with Gasteiger partial charge in [0.1, 0.15) is 6.10 Å². The van der Waals surface area contributed by atoms with Crippen LogP contribution in [0.2, 0.25) is 0 Å². The maximum Gasteiger partial charge on any atom is 0.309 e. The quantitative estimate of drug-likeness (QED) is 0.347. The number of carboxylic acids is 1. The summed E-state index contributed by atoms with van der Waals surface area (Å²) >= 11 is 0. The highest BCUT2D eigenvalue weighted by Gasteiger charge is 2.33. The molecule has 0 saturated heterocycles. The fourth-order valence-electron chi connectivity index (χ4n) is 3.77. The zero-order valence-electron chi connectivity index (χ0n) is 17.3. The summed E-state index contributed by atoms with van der Waals surface area (Å²) in [5, 5.41) is 9.22. The Kier molecular flexibility index (Phi) is 10.9. The maximum atomic E-state index is 12.6. The van der Waals surface area contributed by atoms with Crippen molar-refractivity contribution in [3.63, 3.8) is 0 Å². The third kappa shape index (κ3) is 9.59. The molecule has 4 heteroatoms. The van der Waals surface area contributed by atoms with E-state index < -0.39 is 5.97 Å². The summed E-state index contributed by atoms with van der Waals surface area (Å²) < 4.78 is 5.86. The van der Waals surface area contributed by atoms with Crippen molar-refractivity contribution in [3.8, 4) is 0 Å². The first-order valence-electron chi connectivity index (χ1n) is 10.7. The molecule has 3 unspecified atom stereocenters. The van der Waals surface area contributed by atoms with Gasteiger partial charge in [0.15, 0.2) is 0 Å². The Morgan fingerprint density at radius 2 is 1.50 bits per heavy atom. The van der Waals surface area contributed by atoms with Crippen molar-refractivity contribution in [1.82, 2.24) is 0 Å². The van der Waals surface area contributed by atoms with Crippen LogP contribution in [0.25, 0.3) is 0 Å². The van der Waals surface area contributed by atoms with Crippen LogP contribution in [0.1, 0.15) is 98.3 Å². The lowest BCUT2D eigenvalue weighted by Crippen LogP contribution is -2.31. The lowest BCUT2D eigenvalue weighted by Gasteiger charge is -2.27. The first-order chi connectivity index (χ1) is 12.3. The molecule has 26 heavy (non-hydrogen) atoms. The summed E-state index contributed by atoms with van der Waals surface area (Å²) in [5.74, 6) is -0.198. The van der Waals surface area contributed by atoms with Crippen LogP contribution in [-0.4, -0.2) is 23.1 Å². The predicted octanol–water partition coefficient (Wildman–Crippen LogP) is 5.83. The van der Waals surface area contributed by atoms with E-state index in [2.05, 4.69) is 27.7 Å². The molecule has 0 aromatic carbocycles. The smallest absolute Gasteiger partial charge is 0.309 e. The van der Waals surface area contributed by atoms with Gasteiger partial charge < -0.3 is 9.84 Å². The molecule has 3 atom stereocenters. The second-order valence-corrected chi connectivity index (χ2v) is 8.96. The van der Waals surface area contributed by atoms with Crippen LogP contribution in [0.15, 0.2) is 0 Å². The molecule has 0 spiro atoms. The second kappa shape index (κ2) is 12.3. The van der Waals surface area contributed by atoms with Gasteiger partial charge >= 0.3 is 11.9 Å². The lowest BCUT2D eigenvalue weighted by molar-refractivity contribution is -0.158. The van der Waals surface area contributed by atoms with Crippen LogP contribution in [0.4, 0.5) is 0 Å². The van der Waals surface area contributed by atoms with E-state index in [4.69, 9.17) is 4.74 Å². The summed E-state index contributed by atoms with van der Waals surface area (Å²) in [6, 6.07) is 0. The molecule has 152 valence electrons. The largest absolute Gasteiger partial charge is 0.481 e. The normalized spacial score (nSPS) is 21.8. The third-order valence-electron chi connectivity index (χ3n) is 5.51. The van der Waals surface area contributed by atoms with Crippen molar-refractivity contribution in [2.75, 3.05) is 0 Å². The molecule has 4 nitrogen and oxygen atoms in total. The molecule has 0 aromatic rings. The van der Waals surface area contributed by atoms with E-state index in [1.54, 1.807) is 0 Å². The predicted molar refractivity (Wildman–Crippen MR) is 105 cm³/mol. The van der Waals surface area contributed by atoms with Crippen molar-refractivity contribution < 1.29 is 19.4 Å². The van der Waals surface area contributed by atoms with Crippen molar-refractivity contribution >= 4 is 11.9 Å². The molecule has 1 fully saturated rings. The third-order valence-corrected chi connectivity index (χ3v) is 5.51. The fraction of sp³-hybridized carbons (Fsp3) is 0.909. The zero-order valence-corrected chi connectivity index (χ0v) is 17.3. The molecule has 0 bridgehead atoms. The van der Waals surface area contributed by atoms with Gasteiger partial charge in [-0.3, -0.25) is 9.59 Å². The fourth-order valence-corrected chi connectivity index (χ4v) is 3.77. The van der Waals surface area contributed by atoms with Crippen LogP contribution in [0, 0.1) is 23.7 Å². The first kappa shape index (κ1) is 23.0. The van der Waals surface area contributed by atoms with Crippen molar-refractivity contribution in [2.24, 2.45) is 23.7 Å². The second-order valence-electron chi connectivity index (χ2n) is 8.96. The number of esters is 1. The number of aliphatic carboxylic acids is 1. The summed E-state index contributed by atoms with van der Waals surface area (Å²) in [6.07, 6.45) is 10.4. The minimum Gasteiger partial charge on any atom is -0.481 e. The molecule has 0 amide bonds. The average Bonchev–Trinajstić information content (AvgIpc) is 2.58. The van der Waals surface area contributed by atoms with Gasteiger partial charge in [-0.25, -0.2) is 0 Å². The number of rotatable bonds is 12. The van der Waals surface area contributed by atoms with Crippen LogP contribution < -0.4 is 0 Å². The number of hydrogen-bond donors (Lipinski definition) is 1. The summed E-state index contributed by atoms with van der Waals surface area (Å²) in [6.45, 7) is 8.89. The number of unbranched alkanes of at least 4 members (excludes halogenated alkanes) is 2. The number of carbonyl (C=O) groups excluding carboxylic acids is 1. The molecule has 1 rings (SSSR count). The van der Waals surface area contributed by atoms with E-state index in [1.165, 1.54) is 19.3 Å². The van der Waals surface area contributed by atoms with E-state index >= 15 is 0 Å². The number of carboxylic acid groups (broad SMARTS) is 1. The van der Waals surface area contributed by atoms with Gasteiger partial charge in [-0.1, -0.05) is 53.4 Å². The summed E-state index contributed by atoms with van der Waals surface area (Å²) in [4.78, 5) is 23.8. The van der Waals surface area contributed by atoms with Gasteiger partial charge in [0.05, 0.1) is 11.8 Å². The van der Waals surface area contributed by atoms with Gasteiger partial charge in [-0.15, -0.1) is 0 Å². The van der Waals surface area contributed by atoms with E-state index in [-0.39, 0.29) is 23.9 Å². The Labute approximate surface area is 160 Å². The molecule has 0 aliphatic heterocycles. The average molecular weight is 369 g/mol. The van der Waals surface area contributed by atoms with Crippen LogP contribution in [0.5, 0.6) is 0 Å². The van der Waals surface area contributed by atoms with Crippen LogP contribution in [-0.2, 0) is 14.3 Å². The Bertz CT molecular complexity index is 416. The molecular formula is C22H40O4. The Morgan fingerprint density at radius 3 is 2.12 bits per heavy atom. The van der Waals surface area contributed by atoms with Crippen molar-refractivity contribution in [3.05, 3.63) is 0 Å². The Hall–Kier alpha value is -1.06. The number of hydrogen-bond acceptors (Lipinski definition) is 3. The number of ether oxygens (including phenoxy) is 1. The zero-order chi connectivity index (χ0) is 19.5. The van der Waals surface area contributed by atoms with Crippen LogP contribution >= 0.6 is 0 Å². The van der Waals surface area contributed by atoms with Gasteiger partial charge in [-0.2, -0.15) is 0 Å². The molecule has 1 saturated carbocycles. The van der Waals surface area contributed by atoms with Crippen molar-refractivity contribution in [1.29, 1.82) is 0 Å². The highest BCUT2D eigenvalue weighted by molar-refractivity contribution is 5.75. The lowest BCUT2D eigenvalue weighted by atomic mass is 9.81. The number of carbonyl (C=O) groups is 2. The first-order valence-corrected chi connectivity index (χ1v) is 10.7. The molecule has 1 aliphatic rings. The van der Waals surface area contributed by atoms with Gasteiger partial charge in [0.2, 0.25) is 0 Å². The van der Waals surface area contributed by atoms with E-state index in [9.17, 15) is 14.7 Å². The summed E-state index contributed by atoms with van der Waals surface area (Å²) in [5.41, 5.74) is 0. The Morgan fingerprint density at radius 1 is 0.885 bits per heavy atom. The molecule has 0 radical (unpaired) electrons. The topological polar surface area (TPSA) is 63.6 Å². The highest BCUT2D eigenvalue weighted by atomic mass is 16.5. The van der Waals surface area contributed by atoms with Crippen LogP contribution in [0.3, 0.4) is 0 Å². The Balaban J connectivity index is 2.46. The monoisotopic (exact) mass is 368 g/mol. The van der Waals surface area contributed by atoms with Gasteiger partial charge in [0, 0.05) is 0 Å². The minimum atomic E-state index is -0.774. The molecule has 1 aliphatic carbocycles. The molecule has 1 N–H and O–H groups in total. The molecular weight excluding hydrogens is 328 g/mol. The molecule has 0 aromatic heterocycles. The van der Waals surface area contributed by atoms with Gasteiger partial charge in [0.25, 0.3) is 0 Å². The highest BCUT2D eigenvalue weighted by Crippen LogP contribution is 2.31. The van der Waals surface area contributed by atoms with E-state index in [0.29, 0.717) is 18.8 Å². The van der Waals surface area contributed by atoms with E-state index in [0.717, 1.165) is 44.4 Å². The van der Waals surface area contributed by atoms with Crippen molar-refractivity contribution in [2.45, 2.75) is 104 Å². The SMILES string of the molecule is CC(C)CCCCCC(CCC(C)C)OC(=O)C1CCCC(C(=O)O)C1. The van der Waals surface area contributed by atoms with E-state index in [1.807, 2.05) is 0 Å². The maximum absolute atomic E-state index is 12.6. The van der Waals surface area contributed by atoms with Gasteiger partial charge in [-0.05, 0) is 56.8 Å². The summed E-state index contributed by atoms with van der Waals surface area (Å²) in [7, 11) is 0.